The highest BCUT2D eigenvalue weighted by atomic mass is 16.5. The normalized spacial score (nSPS) is 37.8. The number of hydrogen-bond donors (Lipinski definition) is 1. The standard InChI is InChI=1S/C20H31N5O4/c1-12(11-26)25-9-14(8-22-25)24-10-17-15(20(24)27)4-5-16(23-17)13-6-18(28-2)19(29-3)21-7-13/h7-8,12-16,18-19,26H,4-6,9-11H2,1-3H3/t12-,13?,14?,15?,16?,18?,19?/m1/s1. The number of nitrogens with zero attached hydrogens (tertiary/aromatic N) is 5. The Morgan fingerprint density at radius 3 is 2.83 bits per heavy atom. The number of aliphatic hydroxyl groups excluding tert-OH is 1. The number of amides is 1. The third-order valence-corrected chi connectivity index (χ3v) is 6.62. The molecular weight excluding hydrogens is 374 g/mol. The molecule has 1 amide bonds. The second kappa shape index (κ2) is 8.49. The first kappa shape index (κ1) is 20.4. The Labute approximate surface area is 171 Å². The largest absolute Gasteiger partial charge is 0.394 e. The minimum absolute atomic E-state index is 0.0460. The Hall–Kier alpha value is -1.84. The van der Waals surface area contributed by atoms with Crippen molar-refractivity contribution in [2.24, 2.45) is 26.9 Å². The number of likely N-dealkylation sites (tertiary alicyclic amines) is 1. The van der Waals surface area contributed by atoms with E-state index in [0.717, 1.165) is 25.0 Å². The summed E-state index contributed by atoms with van der Waals surface area (Å²) in [6.45, 7) is 3.16. The predicted molar refractivity (Wildman–Crippen MR) is 109 cm³/mol. The molecule has 4 aliphatic heterocycles. The van der Waals surface area contributed by atoms with Gasteiger partial charge in [0.05, 0.1) is 43.7 Å². The van der Waals surface area contributed by atoms with Gasteiger partial charge in [-0.2, -0.15) is 5.10 Å². The Kier molecular flexibility index (Phi) is 5.98. The molecule has 0 aromatic carbocycles. The highest BCUT2D eigenvalue weighted by Crippen LogP contribution is 2.34. The van der Waals surface area contributed by atoms with E-state index in [2.05, 4.69) is 10.1 Å². The van der Waals surface area contributed by atoms with E-state index in [0.29, 0.717) is 13.1 Å². The summed E-state index contributed by atoms with van der Waals surface area (Å²) in [5.41, 5.74) is 0.990. The van der Waals surface area contributed by atoms with Crippen molar-refractivity contribution in [2.45, 2.75) is 56.6 Å². The van der Waals surface area contributed by atoms with E-state index in [1.165, 1.54) is 0 Å². The summed E-state index contributed by atoms with van der Waals surface area (Å²) < 4.78 is 10.9. The van der Waals surface area contributed by atoms with Crippen LogP contribution in [-0.2, 0) is 14.3 Å². The van der Waals surface area contributed by atoms with Gasteiger partial charge in [0.15, 0.2) is 6.23 Å². The quantitative estimate of drug-likeness (QED) is 0.680. The summed E-state index contributed by atoms with van der Waals surface area (Å²) in [4.78, 5) is 24.4. The van der Waals surface area contributed by atoms with Gasteiger partial charge < -0.3 is 19.5 Å². The van der Waals surface area contributed by atoms with Crippen LogP contribution in [-0.4, -0.2) is 103 Å². The number of rotatable bonds is 6. The average Bonchev–Trinajstić information content (AvgIpc) is 3.37. The van der Waals surface area contributed by atoms with Crippen LogP contribution in [0.25, 0.3) is 0 Å². The molecule has 1 saturated heterocycles. The number of aliphatic imine (C=N–C) groups is 2. The molecule has 0 spiro atoms. The number of hydrazone groups is 1. The molecule has 0 radical (unpaired) electrons. The summed E-state index contributed by atoms with van der Waals surface area (Å²) in [5, 5.41) is 15.6. The fourth-order valence-corrected chi connectivity index (χ4v) is 4.77. The highest BCUT2D eigenvalue weighted by Gasteiger charge is 2.45. The van der Waals surface area contributed by atoms with Crippen molar-refractivity contribution in [3.8, 4) is 0 Å². The van der Waals surface area contributed by atoms with Crippen LogP contribution in [0, 0.1) is 11.8 Å². The first-order valence-corrected chi connectivity index (χ1v) is 10.4. The molecule has 7 atom stereocenters. The molecule has 160 valence electrons. The van der Waals surface area contributed by atoms with Crippen molar-refractivity contribution in [1.82, 2.24) is 9.91 Å². The first-order chi connectivity index (χ1) is 14.0. The number of aliphatic hydroxyl groups is 1. The van der Waals surface area contributed by atoms with E-state index in [4.69, 9.17) is 14.5 Å². The lowest BCUT2D eigenvalue weighted by molar-refractivity contribution is -0.131. The van der Waals surface area contributed by atoms with Crippen LogP contribution < -0.4 is 0 Å². The molecule has 0 aromatic rings. The predicted octanol–water partition coefficient (Wildman–Crippen LogP) is 0.177. The van der Waals surface area contributed by atoms with Crippen LogP contribution in [0.4, 0.5) is 0 Å². The van der Waals surface area contributed by atoms with Crippen LogP contribution in [0.3, 0.4) is 0 Å². The van der Waals surface area contributed by atoms with Gasteiger partial charge in [-0.1, -0.05) is 0 Å². The highest BCUT2D eigenvalue weighted by molar-refractivity contribution is 6.12. The lowest BCUT2D eigenvalue weighted by Crippen LogP contribution is -2.43. The smallest absolute Gasteiger partial charge is 0.232 e. The first-order valence-electron chi connectivity index (χ1n) is 10.4. The fraction of sp³-hybridized carbons (Fsp3) is 0.800. The third-order valence-electron chi connectivity index (χ3n) is 6.62. The van der Waals surface area contributed by atoms with E-state index >= 15 is 0 Å². The third kappa shape index (κ3) is 3.83. The van der Waals surface area contributed by atoms with E-state index < -0.39 is 0 Å². The van der Waals surface area contributed by atoms with Crippen LogP contribution in [0.5, 0.6) is 0 Å². The molecular formula is C20H31N5O4. The summed E-state index contributed by atoms with van der Waals surface area (Å²) in [6.07, 6.45) is 6.00. The zero-order chi connectivity index (χ0) is 20.5. The Balaban J connectivity index is 1.44. The van der Waals surface area contributed by atoms with Crippen LogP contribution in [0.2, 0.25) is 0 Å². The number of ether oxygens (including phenoxy) is 2. The zero-order valence-electron chi connectivity index (χ0n) is 17.3. The van der Waals surface area contributed by atoms with Gasteiger partial charge in [0.1, 0.15) is 6.10 Å². The summed E-state index contributed by atoms with van der Waals surface area (Å²) in [5.74, 6) is 0.260. The molecule has 9 heteroatoms. The SMILES string of the molecule is COC1CC(C2CCC3C(=O)N(C4C=NN([C@H](C)CO)C4)CC3=N2)C=NC1OC. The molecule has 1 N–H and O–H groups in total. The molecule has 9 nitrogen and oxygen atoms in total. The summed E-state index contributed by atoms with van der Waals surface area (Å²) in [7, 11) is 3.34. The molecule has 6 unspecified atom stereocenters. The maximum atomic E-state index is 13.0. The second-order valence-electron chi connectivity index (χ2n) is 8.37. The van der Waals surface area contributed by atoms with Crippen molar-refractivity contribution in [3.05, 3.63) is 0 Å². The number of fused-ring (bicyclic) bond motifs is 1. The van der Waals surface area contributed by atoms with E-state index in [1.54, 1.807) is 14.2 Å². The fourth-order valence-electron chi connectivity index (χ4n) is 4.77. The van der Waals surface area contributed by atoms with Gasteiger partial charge in [-0.25, -0.2) is 0 Å². The van der Waals surface area contributed by atoms with Gasteiger partial charge in [0, 0.05) is 38.3 Å². The van der Waals surface area contributed by atoms with Gasteiger partial charge in [-0.3, -0.25) is 19.8 Å². The zero-order valence-corrected chi connectivity index (χ0v) is 17.3. The molecule has 0 aromatic heterocycles. The van der Waals surface area contributed by atoms with Crippen LogP contribution in [0.15, 0.2) is 15.1 Å². The summed E-state index contributed by atoms with van der Waals surface area (Å²) in [6, 6.07) is 0.0318. The molecule has 1 fully saturated rings. The molecule has 29 heavy (non-hydrogen) atoms. The lowest BCUT2D eigenvalue weighted by atomic mass is 9.84. The van der Waals surface area contributed by atoms with Gasteiger partial charge in [-0.15, -0.1) is 0 Å². The van der Waals surface area contributed by atoms with Crippen molar-refractivity contribution in [1.29, 1.82) is 0 Å². The van der Waals surface area contributed by atoms with E-state index in [-0.39, 0.29) is 54.8 Å². The molecule has 4 heterocycles. The number of carbonyl (C=O) groups is 1. The molecule has 4 rings (SSSR count). The maximum absolute atomic E-state index is 13.0. The van der Waals surface area contributed by atoms with Crippen molar-refractivity contribution in [2.75, 3.05) is 33.9 Å². The van der Waals surface area contributed by atoms with Gasteiger partial charge in [0.25, 0.3) is 0 Å². The number of methoxy groups -OCH3 is 2. The minimum atomic E-state index is -0.255. The second-order valence-corrected chi connectivity index (χ2v) is 8.37. The average molecular weight is 405 g/mol. The molecule has 4 aliphatic rings. The molecule has 0 saturated carbocycles. The lowest BCUT2D eigenvalue weighted by Gasteiger charge is -2.33. The van der Waals surface area contributed by atoms with Crippen molar-refractivity contribution >= 4 is 24.0 Å². The van der Waals surface area contributed by atoms with E-state index in [1.807, 2.05) is 29.3 Å². The maximum Gasteiger partial charge on any atom is 0.232 e. The van der Waals surface area contributed by atoms with E-state index in [9.17, 15) is 9.90 Å². The van der Waals surface area contributed by atoms with Gasteiger partial charge >= 0.3 is 0 Å². The van der Waals surface area contributed by atoms with Crippen LogP contribution in [0.1, 0.15) is 26.2 Å². The summed E-state index contributed by atoms with van der Waals surface area (Å²) >= 11 is 0. The Bertz CT molecular complexity index is 711. The van der Waals surface area contributed by atoms with Gasteiger partial charge in [-0.05, 0) is 26.2 Å². The molecule has 0 aliphatic carbocycles. The van der Waals surface area contributed by atoms with Crippen molar-refractivity contribution in [3.63, 3.8) is 0 Å². The molecule has 0 bridgehead atoms. The Morgan fingerprint density at radius 1 is 1.28 bits per heavy atom. The van der Waals surface area contributed by atoms with Crippen molar-refractivity contribution < 1.29 is 19.4 Å². The van der Waals surface area contributed by atoms with Gasteiger partial charge in [0.2, 0.25) is 5.91 Å². The Morgan fingerprint density at radius 2 is 2.10 bits per heavy atom. The monoisotopic (exact) mass is 405 g/mol. The number of hydrogen-bond acceptors (Lipinski definition) is 8. The number of carbonyl (C=O) groups excluding carboxylic acids is 1. The topological polar surface area (TPSA) is 99.3 Å². The minimum Gasteiger partial charge on any atom is -0.394 e. The van der Waals surface area contributed by atoms with Crippen LogP contribution >= 0.6 is 0 Å².